The van der Waals surface area contributed by atoms with E-state index in [9.17, 15) is 4.79 Å². The first-order chi connectivity index (χ1) is 10.3. The fraction of sp³-hybridized carbons (Fsp3) is 0.588. The average Bonchev–Trinajstić information content (AvgIpc) is 2.95. The molecule has 0 radical (unpaired) electrons. The van der Waals surface area contributed by atoms with E-state index in [-0.39, 0.29) is 6.09 Å². The molecule has 0 bridgehead atoms. The molecule has 1 aromatic rings. The van der Waals surface area contributed by atoms with E-state index in [2.05, 4.69) is 34.9 Å². The molecule has 3 N–H and O–H groups in total. The summed E-state index contributed by atoms with van der Waals surface area (Å²) < 4.78 is 5.48. The number of carbonyl (C=O) groups is 1. The molecule has 22 heavy (non-hydrogen) atoms. The Balaban J connectivity index is 1.58. The van der Waals surface area contributed by atoms with Crippen molar-refractivity contribution in [2.75, 3.05) is 31.1 Å². The highest BCUT2D eigenvalue weighted by molar-refractivity contribution is 5.68. The minimum absolute atomic E-state index is 0.171. The van der Waals surface area contributed by atoms with Crippen LogP contribution < -0.4 is 10.6 Å². The van der Waals surface area contributed by atoms with Crippen molar-refractivity contribution >= 4 is 17.5 Å². The first-order valence-corrected chi connectivity index (χ1v) is 7.97. The minimum Gasteiger partial charge on any atom is -0.444 e. The SMILES string of the molecule is CC(C)(C)OC(=O)N1C[C@H]2CN(c3ccc([NH3+])cc3)C[C@@H]2C1. The van der Waals surface area contributed by atoms with E-state index >= 15 is 0 Å². The van der Waals surface area contributed by atoms with Crippen LogP contribution in [0.15, 0.2) is 24.3 Å². The van der Waals surface area contributed by atoms with E-state index in [0.717, 1.165) is 31.9 Å². The number of ether oxygens (including phenoxy) is 1. The number of fused-ring (bicyclic) bond motifs is 1. The maximum Gasteiger partial charge on any atom is 0.410 e. The summed E-state index contributed by atoms with van der Waals surface area (Å²) in [4.78, 5) is 16.5. The van der Waals surface area contributed by atoms with Gasteiger partial charge in [0.15, 0.2) is 0 Å². The van der Waals surface area contributed by atoms with Crippen LogP contribution in [0.5, 0.6) is 0 Å². The zero-order valence-electron chi connectivity index (χ0n) is 13.7. The van der Waals surface area contributed by atoms with Gasteiger partial charge in [-0.05, 0) is 32.9 Å². The van der Waals surface area contributed by atoms with Crippen LogP contribution in [-0.4, -0.2) is 42.8 Å². The second-order valence-electron chi connectivity index (χ2n) is 7.48. The summed E-state index contributed by atoms with van der Waals surface area (Å²) in [5, 5.41) is 0. The van der Waals surface area contributed by atoms with Gasteiger partial charge in [0.1, 0.15) is 11.3 Å². The van der Waals surface area contributed by atoms with Crippen molar-refractivity contribution in [2.45, 2.75) is 26.4 Å². The van der Waals surface area contributed by atoms with Gasteiger partial charge in [0.2, 0.25) is 0 Å². The lowest BCUT2D eigenvalue weighted by molar-refractivity contribution is -0.254. The van der Waals surface area contributed by atoms with Crippen molar-refractivity contribution in [3.05, 3.63) is 24.3 Å². The highest BCUT2D eigenvalue weighted by atomic mass is 16.6. The number of carbonyl (C=O) groups excluding carboxylic acids is 1. The Labute approximate surface area is 132 Å². The van der Waals surface area contributed by atoms with Crippen molar-refractivity contribution in [1.82, 2.24) is 4.90 Å². The molecule has 5 heteroatoms. The van der Waals surface area contributed by atoms with Gasteiger partial charge in [0.05, 0.1) is 0 Å². The number of anilines is 1. The van der Waals surface area contributed by atoms with Crippen LogP contribution >= 0.6 is 0 Å². The summed E-state index contributed by atoms with van der Waals surface area (Å²) in [5.41, 5.74) is 5.80. The number of benzene rings is 1. The summed E-state index contributed by atoms with van der Waals surface area (Å²) in [7, 11) is 0. The van der Waals surface area contributed by atoms with Crippen molar-refractivity contribution in [1.29, 1.82) is 0 Å². The smallest absolute Gasteiger partial charge is 0.410 e. The van der Waals surface area contributed by atoms with Gasteiger partial charge in [-0.15, -0.1) is 0 Å². The largest absolute Gasteiger partial charge is 0.444 e. The molecule has 0 aromatic heterocycles. The Morgan fingerprint density at radius 3 is 2.14 bits per heavy atom. The first-order valence-electron chi connectivity index (χ1n) is 7.97. The molecule has 0 unspecified atom stereocenters. The number of nitrogens with zero attached hydrogens (tertiary/aromatic N) is 2. The van der Waals surface area contributed by atoms with Gasteiger partial charge in [-0.1, -0.05) is 0 Å². The van der Waals surface area contributed by atoms with Gasteiger partial charge in [0.25, 0.3) is 0 Å². The Kier molecular flexibility index (Phi) is 3.77. The van der Waals surface area contributed by atoms with E-state index in [1.807, 2.05) is 25.7 Å². The molecular weight excluding hydrogens is 278 g/mol. The third-order valence-electron chi connectivity index (χ3n) is 4.44. The lowest BCUT2D eigenvalue weighted by atomic mass is 10.0. The summed E-state index contributed by atoms with van der Waals surface area (Å²) >= 11 is 0. The number of hydrogen-bond acceptors (Lipinski definition) is 3. The Morgan fingerprint density at radius 1 is 1.09 bits per heavy atom. The van der Waals surface area contributed by atoms with Gasteiger partial charge in [-0.25, -0.2) is 4.79 Å². The third kappa shape index (κ3) is 3.19. The fourth-order valence-electron chi connectivity index (χ4n) is 3.39. The molecule has 1 amide bonds. The third-order valence-corrected chi connectivity index (χ3v) is 4.44. The maximum atomic E-state index is 12.2. The molecule has 0 saturated carbocycles. The lowest BCUT2D eigenvalue weighted by Crippen LogP contribution is -2.40. The van der Waals surface area contributed by atoms with Crippen LogP contribution in [0.1, 0.15) is 20.8 Å². The molecular formula is C17H26N3O2+. The molecule has 2 aliphatic rings. The standard InChI is InChI=1S/C17H25N3O2/c1-17(2,3)22-16(21)20-10-12-8-19(9-13(12)11-20)15-6-4-14(18)5-7-15/h4-7,12-13H,8-11,18H2,1-3H3/p+1/t12-,13-/m1/s1. The van der Waals surface area contributed by atoms with E-state index in [1.165, 1.54) is 5.69 Å². The second-order valence-corrected chi connectivity index (χ2v) is 7.48. The molecule has 2 atom stereocenters. The molecule has 1 aromatic carbocycles. The summed E-state index contributed by atoms with van der Waals surface area (Å²) in [6, 6.07) is 8.37. The molecule has 2 saturated heterocycles. The molecule has 0 aliphatic carbocycles. The van der Waals surface area contributed by atoms with Gasteiger partial charge in [-0.2, -0.15) is 0 Å². The summed E-state index contributed by atoms with van der Waals surface area (Å²) in [6.45, 7) is 9.38. The minimum atomic E-state index is -0.420. The van der Waals surface area contributed by atoms with Crippen molar-refractivity contribution < 1.29 is 15.3 Å². The predicted octanol–water partition coefficient (Wildman–Crippen LogP) is 1.86. The van der Waals surface area contributed by atoms with Crippen LogP contribution in [0.3, 0.4) is 0 Å². The normalized spacial score (nSPS) is 24.5. The fourth-order valence-corrected chi connectivity index (χ4v) is 3.39. The maximum absolute atomic E-state index is 12.2. The van der Waals surface area contributed by atoms with Gasteiger partial charge in [-0.3, -0.25) is 0 Å². The Hall–Kier alpha value is -1.75. The van der Waals surface area contributed by atoms with Crippen molar-refractivity contribution in [2.24, 2.45) is 11.8 Å². The van der Waals surface area contributed by atoms with E-state index in [4.69, 9.17) is 4.74 Å². The molecule has 2 heterocycles. The zero-order valence-corrected chi connectivity index (χ0v) is 13.7. The zero-order chi connectivity index (χ0) is 15.9. The number of rotatable bonds is 1. The molecule has 2 fully saturated rings. The quantitative estimate of drug-likeness (QED) is 0.861. The van der Waals surface area contributed by atoms with Crippen molar-refractivity contribution in [3.8, 4) is 0 Å². The van der Waals surface area contributed by atoms with Crippen LogP contribution in [0.25, 0.3) is 0 Å². The molecule has 0 spiro atoms. The topological polar surface area (TPSA) is 60.4 Å². The van der Waals surface area contributed by atoms with Crippen LogP contribution in [0, 0.1) is 11.8 Å². The van der Waals surface area contributed by atoms with Crippen LogP contribution in [0.2, 0.25) is 0 Å². The van der Waals surface area contributed by atoms with E-state index in [1.54, 1.807) is 0 Å². The Bertz CT molecular complexity index is 536. The number of quaternary nitrogens is 1. The predicted molar refractivity (Wildman–Crippen MR) is 86.0 cm³/mol. The summed E-state index contributed by atoms with van der Waals surface area (Å²) in [6.07, 6.45) is -0.171. The first kappa shape index (κ1) is 15.2. The van der Waals surface area contributed by atoms with Crippen LogP contribution in [0.4, 0.5) is 16.2 Å². The number of likely N-dealkylation sites (tertiary alicyclic amines) is 1. The second kappa shape index (κ2) is 5.47. The Morgan fingerprint density at radius 2 is 1.64 bits per heavy atom. The number of hydrogen-bond donors (Lipinski definition) is 1. The average molecular weight is 304 g/mol. The van der Waals surface area contributed by atoms with Gasteiger partial charge >= 0.3 is 6.09 Å². The number of amides is 1. The molecule has 120 valence electrons. The molecule has 3 rings (SSSR count). The van der Waals surface area contributed by atoms with E-state index in [0.29, 0.717) is 11.8 Å². The molecule has 5 nitrogen and oxygen atoms in total. The van der Waals surface area contributed by atoms with Crippen molar-refractivity contribution in [3.63, 3.8) is 0 Å². The summed E-state index contributed by atoms with van der Waals surface area (Å²) in [5.74, 6) is 1.10. The van der Waals surface area contributed by atoms with Crippen LogP contribution in [-0.2, 0) is 4.74 Å². The van der Waals surface area contributed by atoms with Gasteiger partial charge in [0, 0.05) is 55.8 Å². The lowest BCUT2D eigenvalue weighted by Gasteiger charge is -2.26. The highest BCUT2D eigenvalue weighted by Crippen LogP contribution is 2.34. The van der Waals surface area contributed by atoms with E-state index < -0.39 is 5.60 Å². The molecule has 2 aliphatic heterocycles. The monoisotopic (exact) mass is 304 g/mol. The van der Waals surface area contributed by atoms with Gasteiger partial charge < -0.3 is 20.3 Å². The highest BCUT2D eigenvalue weighted by Gasteiger charge is 2.42.